The minimum Gasteiger partial charge on any atom is -0.466 e. The standard InChI is InChI=1S/C65H127NO5/c1-3-5-7-9-11-13-15-39-43-47-51-55-59-65(70)71-60-56-52-48-44-40-36-34-32-30-28-26-24-22-20-18-16-17-19-21-23-25-27-29-31-33-35-38-42-46-50-54-58-64(69)66-62(61-67)63(68)57-53-49-45-41-37-14-12-10-8-6-4-2/h11,13,62-63,67-68H,3-10,12,14-61H2,1-2H3,(H,66,69)/b13-11-. The Balaban J connectivity index is 3.30. The van der Waals surface area contributed by atoms with Gasteiger partial charge in [0.2, 0.25) is 5.91 Å². The Hall–Kier alpha value is -1.40. The molecule has 2 unspecified atom stereocenters. The zero-order valence-corrected chi connectivity index (χ0v) is 48.2. The van der Waals surface area contributed by atoms with Gasteiger partial charge in [0.25, 0.3) is 0 Å². The third-order valence-corrected chi connectivity index (χ3v) is 15.3. The molecule has 0 aromatic heterocycles. The number of esters is 1. The van der Waals surface area contributed by atoms with Crippen molar-refractivity contribution in [2.75, 3.05) is 13.2 Å². The monoisotopic (exact) mass is 1000 g/mol. The molecule has 0 aromatic rings. The highest BCUT2D eigenvalue weighted by Crippen LogP contribution is 2.19. The van der Waals surface area contributed by atoms with Crippen molar-refractivity contribution in [1.82, 2.24) is 5.32 Å². The zero-order valence-electron chi connectivity index (χ0n) is 48.2. The summed E-state index contributed by atoms with van der Waals surface area (Å²) in [5.74, 6) is -0.0189. The molecule has 0 spiro atoms. The summed E-state index contributed by atoms with van der Waals surface area (Å²) < 4.78 is 5.47. The molecule has 6 nitrogen and oxygen atoms in total. The largest absolute Gasteiger partial charge is 0.466 e. The quantitative estimate of drug-likeness (QED) is 0.0320. The van der Waals surface area contributed by atoms with Gasteiger partial charge in [-0.05, 0) is 51.4 Å². The summed E-state index contributed by atoms with van der Waals surface area (Å²) >= 11 is 0. The lowest BCUT2D eigenvalue weighted by atomic mass is 10.0. The molecule has 0 radical (unpaired) electrons. The third kappa shape index (κ3) is 57.7. The number of ether oxygens (including phenoxy) is 1. The summed E-state index contributed by atoms with van der Waals surface area (Å²) in [5.41, 5.74) is 0. The summed E-state index contributed by atoms with van der Waals surface area (Å²) in [6, 6.07) is -0.536. The highest BCUT2D eigenvalue weighted by Gasteiger charge is 2.20. The second-order valence-corrected chi connectivity index (χ2v) is 22.5. The van der Waals surface area contributed by atoms with Crippen LogP contribution in [-0.2, 0) is 14.3 Å². The first kappa shape index (κ1) is 69.6. The maximum absolute atomic E-state index is 12.5. The van der Waals surface area contributed by atoms with Crippen LogP contribution in [0.5, 0.6) is 0 Å². The van der Waals surface area contributed by atoms with Gasteiger partial charge in [-0.3, -0.25) is 9.59 Å². The van der Waals surface area contributed by atoms with Crippen LogP contribution in [0.4, 0.5) is 0 Å². The average molecular weight is 1000 g/mol. The molecule has 0 aliphatic heterocycles. The molecule has 6 heteroatoms. The van der Waals surface area contributed by atoms with Crippen molar-refractivity contribution in [3.63, 3.8) is 0 Å². The molecule has 0 aliphatic carbocycles. The van der Waals surface area contributed by atoms with Gasteiger partial charge in [0.1, 0.15) is 0 Å². The van der Waals surface area contributed by atoms with Crippen LogP contribution < -0.4 is 5.32 Å². The number of nitrogens with one attached hydrogen (secondary N) is 1. The Morgan fingerprint density at radius 1 is 0.380 bits per heavy atom. The van der Waals surface area contributed by atoms with Crippen molar-refractivity contribution < 1.29 is 24.5 Å². The Kier molecular flexibility index (Phi) is 59.9. The van der Waals surface area contributed by atoms with Gasteiger partial charge in [-0.1, -0.05) is 315 Å². The van der Waals surface area contributed by atoms with Crippen LogP contribution in [0.1, 0.15) is 367 Å². The summed E-state index contributed by atoms with van der Waals surface area (Å²) in [6.45, 7) is 4.94. The molecule has 1 amide bonds. The van der Waals surface area contributed by atoms with E-state index in [0.29, 0.717) is 25.9 Å². The van der Waals surface area contributed by atoms with Gasteiger partial charge in [0, 0.05) is 12.8 Å². The number of rotatable bonds is 61. The fourth-order valence-electron chi connectivity index (χ4n) is 10.3. The average Bonchev–Trinajstić information content (AvgIpc) is 3.37. The zero-order chi connectivity index (χ0) is 51.4. The van der Waals surface area contributed by atoms with Gasteiger partial charge in [-0.25, -0.2) is 0 Å². The first-order chi connectivity index (χ1) is 35.0. The second kappa shape index (κ2) is 61.1. The number of unbranched alkanes of at least 4 members (excludes halogenated alkanes) is 48. The van der Waals surface area contributed by atoms with Crippen LogP contribution in [-0.4, -0.2) is 47.4 Å². The highest BCUT2D eigenvalue weighted by atomic mass is 16.5. The van der Waals surface area contributed by atoms with Gasteiger partial charge in [0.05, 0.1) is 25.4 Å². The molecular weight excluding hydrogens is 875 g/mol. The number of amides is 1. The molecule has 0 saturated heterocycles. The lowest BCUT2D eigenvalue weighted by Gasteiger charge is -2.22. The smallest absolute Gasteiger partial charge is 0.305 e. The fraction of sp³-hybridized carbons (Fsp3) is 0.938. The Morgan fingerprint density at radius 3 is 1.03 bits per heavy atom. The van der Waals surface area contributed by atoms with E-state index in [2.05, 4.69) is 31.3 Å². The molecule has 3 N–H and O–H groups in total. The molecule has 71 heavy (non-hydrogen) atoms. The van der Waals surface area contributed by atoms with Gasteiger partial charge < -0.3 is 20.3 Å². The first-order valence-corrected chi connectivity index (χ1v) is 32.4. The summed E-state index contributed by atoms with van der Waals surface area (Å²) in [4.78, 5) is 24.5. The van der Waals surface area contributed by atoms with Gasteiger partial charge >= 0.3 is 5.97 Å². The van der Waals surface area contributed by atoms with Crippen LogP contribution in [0.15, 0.2) is 12.2 Å². The SMILES string of the molecule is CCCCC/C=C\CCCCCCCC(=O)OCCCCCCCCCCCCCCCCCCCCCCCCCCCCCCCCCC(=O)NC(CO)C(O)CCCCCCCCCCCCC. The summed E-state index contributed by atoms with van der Waals surface area (Å²) in [5, 5.41) is 23.2. The molecule has 0 saturated carbocycles. The molecule has 0 aromatic carbocycles. The molecular formula is C65H127NO5. The third-order valence-electron chi connectivity index (χ3n) is 15.3. The maximum atomic E-state index is 12.5. The van der Waals surface area contributed by atoms with E-state index >= 15 is 0 Å². The van der Waals surface area contributed by atoms with E-state index < -0.39 is 12.1 Å². The van der Waals surface area contributed by atoms with Gasteiger partial charge in [-0.15, -0.1) is 0 Å². The lowest BCUT2D eigenvalue weighted by Crippen LogP contribution is -2.45. The summed E-state index contributed by atoms with van der Waals surface area (Å²) in [7, 11) is 0. The van der Waals surface area contributed by atoms with Crippen molar-refractivity contribution in [1.29, 1.82) is 0 Å². The lowest BCUT2D eigenvalue weighted by molar-refractivity contribution is -0.143. The molecule has 0 aliphatic rings. The van der Waals surface area contributed by atoms with E-state index in [9.17, 15) is 19.8 Å². The van der Waals surface area contributed by atoms with Gasteiger partial charge in [0.15, 0.2) is 0 Å². The molecule has 0 heterocycles. The number of hydrogen-bond acceptors (Lipinski definition) is 5. The van der Waals surface area contributed by atoms with Gasteiger partial charge in [-0.2, -0.15) is 0 Å². The number of aliphatic hydroxyl groups excluding tert-OH is 2. The minimum absolute atomic E-state index is 0.0110. The minimum atomic E-state index is -0.659. The van der Waals surface area contributed by atoms with Crippen molar-refractivity contribution in [2.45, 2.75) is 379 Å². The van der Waals surface area contributed by atoms with E-state index in [-0.39, 0.29) is 18.5 Å². The number of hydrogen-bond donors (Lipinski definition) is 3. The van der Waals surface area contributed by atoms with Crippen LogP contribution in [0.2, 0.25) is 0 Å². The first-order valence-electron chi connectivity index (χ1n) is 32.4. The Morgan fingerprint density at radius 2 is 0.662 bits per heavy atom. The topological polar surface area (TPSA) is 95.9 Å². The van der Waals surface area contributed by atoms with E-state index in [1.54, 1.807) is 0 Å². The number of carbonyl (C=O) groups excluding carboxylic acids is 2. The van der Waals surface area contributed by atoms with E-state index in [4.69, 9.17) is 4.74 Å². The molecule has 0 rings (SSSR count). The Labute approximate surface area is 444 Å². The van der Waals surface area contributed by atoms with Crippen molar-refractivity contribution in [3.05, 3.63) is 12.2 Å². The molecule has 2 atom stereocenters. The van der Waals surface area contributed by atoms with Crippen LogP contribution >= 0.6 is 0 Å². The number of aliphatic hydroxyl groups is 2. The molecule has 0 fully saturated rings. The normalized spacial score (nSPS) is 12.6. The van der Waals surface area contributed by atoms with Crippen LogP contribution in [0, 0.1) is 0 Å². The number of carbonyl (C=O) groups is 2. The predicted octanol–water partition coefficient (Wildman–Crippen LogP) is 20.4. The number of allylic oxidation sites excluding steroid dienone is 2. The van der Waals surface area contributed by atoms with Crippen molar-refractivity contribution in [2.24, 2.45) is 0 Å². The van der Waals surface area contributed by atoms with Crippen molar-refractivity contribution >= 4 is 11.9 Å². The second-order valence-electron chi connectivity index (χ2n) is 22.5. The van der Waals surface area contributed by atoms with Crippen LogP contribution in [0.3, 0.4) is 0 Å². The van der Waals surface area contributed by atoms with Crippen LogP contribution in [0.25, 0.3) is 0 Å². The van der Waals surface area contributed by atoms with E-state index in [1.165, 1.54) is 289 Å². The summed E-state index contributed by atoms with van der Waals surface area (Å²) in [6.07, 6.45) is 74.0. The molecule has 0 bridgehead atoms. The van der Waals surface area contributed by atoms with E-state index in [0.717, 1.165) is 44.9 Å². The molecule has 422 valence electrons. The highest BCUT2D eigenvalue weighted by molar-refractivity contribution is 5.76. The van der Waals surface area contributed by atoms with Crippen molar-refractivity contribution in [3.8, 4) is 0 Å². The maximum Gasteiger partial charge on any atom is 0.305 e. The van der Waals surface area contributed by atoms with E-state index in [1.807, 2.05) is 0 Å². The fourth-order valence-corrected chi connectivity index (χ4v) is 10.3. The predicted molar refractivity (Wildman–Crippen MR) is 310 cm³/mol. The Bertz CT molecular complexity index is 1060.